The zero-order chi connectivity index (χ0) is 24.9. The number of fused-ring (bicyclic) bond motifs is 1. The van der Waals surface area contributed by atoms with Crippen LogP contribution in [0.2, 0.25) is 0 Å². The Bertz CT molecular complexity index is 1420. The highest BCUT2D eigenvalue weighted by Crippen LogP contribution is 2.30. The molecular formula is C29H24N4O3. The zero-order valence-corrected chi connectivity index (χ0v) is 19.6. The molecule has 178 valence electrons. The van der Waals surface area contributed by atoms with E-state index in [1.165, 1.54) is 4.90 Å². The third kappa shape index (κ3) is 4.81. The summed E-state index contributed by atoms with van der Waals surface area (Å²) in [6.07, 6.45) is -1.13. The molecule has 5 rings (SSSR count). The molecule has 0 fully saturated rings. The van der Waals surface area contributed by atoms with E-state index in [4.69, 9.17) is 9.73 Å². The van der Waals surface area contributed by atoms with Crippen molar-refractivity contribution in [2.24, 2.45) is 4.99 Å². The normalized spacial score (nSPS) is 14.8. The fourth-order valence-corrected chi connectivity index (χ4v) is 4.00. The number of nitrogens with zero attached hydrogens (tertiary/aromatic N) is 2. The number of hydrogen-bond donors (Lipinski definition) is 2. The monoisotopic (exact) mass is 476 g/mol. The lowest BCUT2D eigenvalue weighted by Crippen LogP contribution is -2.47. The van der Waals surface area contributed by atoms with Gasteiger partial charge in [0.2, 0.25) is 6.17 Å². The van der Waals surface area contributed by atoms with Crippen molar-refractivity contribution >= 4 is 29.0 Å². The fourth-order valence-electron chi connectivity index (χ4n) is 4.00. The summed E-state index contributed by atoms with van der Waals surface area (Å²) in [4.78, 5) is 32.6. The van der Waals surface area contributed by atoms with Crippen molar-refractivity contribution < 1.29 is 14.3 Å². The predicted molar refractivity (Wildman–Crippen MR) is 141 cm³/mol. The first-order valence-corrected chi connectivity index (χ1v) is 11.5. The molecule has 0 saturated heterocycles. The SMILES string of the molecule is CN1C(=O)C(NC(=O)Nc2ccccc2Oc2ccccc2)N=C(c2ccccc2)c2ccccc21. The molecule has 0 spiro atoms. The van der Waals surface area contributed by atoms with Crippen molar-refractivity contribution in [3.05, 3.63) is 120 Å². The van der Waals surface area contributed by atoms with E-state index in [2.05, 4.69) is 10.6 Å². The van der Waals surface area contributed by atoms with Crippen LogP contribution >= 0.6 is 0 Å². The number of nitrogens with one attached hydrogen (secondary N) is 2. The molecule has 1 heterocycles. The van der Waals surface area contributed by atoms with E-state index in [0.717, 1.165) is 16.8 Å². The molecule has 0 aliphatic carbocycles. The molecule has 0 aromatic heterocycles. The van der Waals surface area contributed by atoms with Gasteiger partial charge in [-0.25, -0.2) is 9.79 Å². The second-order valence-electron chi connectivity index (χ2n) is 8.17. The lowest BCUT2D eigenvalue weighted by atomic mass is 10.0. The largest absolute Gasteiger partial charge is 0.455 e. The highest BCUT2D eigenvalue weighted by atomic mass is 16.5. The van der Waals surface area contributed by atoms with Gasteiger partial charge in [0.1, 0.15) is 5.75 Å². The lowest BCUT2D eigenvalue weighted by molar-refractivity contribution is -0.119. The summed E-state index contributed by atoms with van der Waals surface area (Å²) in [7, 11) is 1.68. The molecule has 1 aliphatic rings. The summed E-state index contributed by atoms with van der Waals surface area (Å²) in [5, 5.41) is 5.52. The van der Waals surface area contributed by atoms with Gasteiger partial charge in [-0.2, -0.15) is 0 Å². The molecule has 0 radical (unpaired) electrons. The van der Waals surface area contributed by atoms with Gasteiger partial charge in [-0.1, -0.05) is 78.9 Å². The number of urea groups is 1. The Balaban J connectivity index is 1.42. The Morgan fingerprint density at radius 3 is 2.25 bits per heavy atom. The average Bonchev–Trinajstić information content (AvgIpc) is 3.01. The van der Waals surface area contributed by atoms with Crippen molar-refractivity contribution in [3.63, 3.8) is 0 Å². The predicted octanol–water partition coefficient (Wildman–Crippen LogP) is 5.44. The minimum absolute atomic E-state index is 0.350. The maximum absolute atomic E-state index is 13.3. The molecule has 0 saturated carbocycles. The van der Waals surface area contributed by atoms with Crippen molar-refractivity contribution in [1.82, 2.24) is 5.32 Å². The Labute approximate surface area is 209 Å². The van der Waals surface area contributed by atoms with Crippen molar-refractivity contribution in [2.45, 2.75) is 6.17 Å². The number of benzene rings is 4. The Morgan fingerprint density at radius 1 is 0.833 bits per heavy atom. The number of para-hydroxylation sites is 4. The van der Waals surface area contributed by atoms with Gasteiger partial charge in [-0.05, 0) is 30.3 Å². The van der Waals surface area contributed by atoms with E-state index >= 15 is 0 Å². The number of ether oxygens (including phenoxy) is 1. The van der Waals surface area contributed by atoms with Crippen LogP contribution in [-0.4, -0.2) is 30.9 Å². The summed E-state index contributed by atoms with van der Waals surface area (Å²) in [5.41, 5.74) is 3.47. The van der Waals surface area contributed by atoms with Gasteiger partial charge in [0, 0.05) is 18.2 Å². The van der Waals surface area contributed by atoms with Crippen LogP contribution in [0.1, 0.15) is 11.1 Å². The van der Waals surface area contributed by atoms with Gasteiger partial charge in [-0.3, -0.25) is 4.79 Å². The number of rotatable bonds is 5. The third-order valence-electron chi connectivity index (χ3n) is 5.76. The maximum atomic E-state index is 13.3. The standard InChI is InChI=1S/C29H24N4O3/c1-33-24-18-10-8-16-22(24)26(20-12-4-2-5-13-20)31-27(28(33)34)32-29(35)30-23-17-9-11-19-25(23)36-21-14-6-3-7-15-21/h2-19,27H,1H3,(H2,30,32,35). The number of hydrogen-bond acceptors (Lipinski definition) is 4. The van der Waals surface area contributed by atoms with Crippen molar-refractivity contribution in [2.75, 3.05) is 17.3 Å². The molecule has 3 amide bonds. The summed E-state index contributed by atoms with van der Waals surface area (Å²) in [5.74, 6) is 0.768. The van der Waals surface area contributed by atoms with Crippen LogP contribution in [-0.2, 0) is 4.79 Å². The van der Waals surface area contributed by atoms with Gasteiger partial charge in [0.25, 0.3) is 5.91 Å². The van der Waals surface area contributed by atoms with Gasteiger partial charge < -0.3 is 20.3 Å². The number of amides is 3. The average molecular weight is 477 g/mol. The number of likely N-dealkylation sites (N-methyl/N-ethyl adjacent to an activating group) is 1. The van der Waals surface area contributed by atoms with E-state index in [9.17, 15) is 9.59 Å². The minimum Gasteiger partial charge on any atom is -0.455 e. The van der Waals surface area contributed by atoms with Crippen molar-refractivity contribution in [1.29, 1.82) is 0 Å². The summed E-state index contributed by atoms with van der Waals surface area (Å²) >= 11 is 0. The van der Waals surface area contributed by atoms with Crippen molar-refractivity contribution in [3.8, 4) is 11.5 Å². The molecule has 4 aromatic carbocycles. The first-order valence-electron chi connectivity index (χ1n) is 11.5. The highest BCUT2D eigenvalue weighted by molar-refractivity contribution is 6.20. The summed E-state index contributed by atoms with van der Waals surface area (Å²) < 4.78 is 5.93. The van der Waals surface area contributed by atoms with Gasteiger partial charge >= 0.3 is 6.03 Å². The highest BCUT2D eigenvalue weighted by Gasteiger charge is 2.31. The molecule has 0 bridgehead atoms. The van der Waals surface area contributed by atoms with E-state index < -0.39 is 12.2 Å². The van der Waals surface area contributed by atoms with Gasteiger partial charge in [0.15, 0.2) is 5.75 Å². The van der Waals surface area contributed by atoms with Crippen LogP contribution in [0.4, 0.5) is 16.2 Å². The molecular weight excluding hydrogens is 452 g/mol. The maximum Gasteiger partial charge on any atom is 0.321 e. The fraction of sp³-hybridized carbons (Fsp3) is 0.0690. The van der Waals surface area contributed by atoms with E-state index in [1.807, 2.05) is 91.0 Å². The molecule has 1 unspecified atom stereocenters. The summed E-state index contributed by atoms with van der Waals surface area (Å²) in [6, 6.07) is 33.0. The smallest absolute Gasteiger partial charge is 0.321 e. The quantitative estimate of drug-likeness (QED) is 0.402. The number of aliphatic imine (C=N–C) groups is 1. The van der Waals surface area contributed by atoms with E-state index in [0.29, 0.717) is 22.9 Å². The first kappa shape index (κ1) is 22.9. The molecule has 7 nitrogen and oxygen atoms in total. The van der Waals surface area contributed by atoms with Crippen LogP contribution in [0.25, 0.3) is 0 Å². The number of carbonyl (C=O) groups is 2. The molecule has 7 heteroatoms. The van der Waals surface area contributed by atoms with Crippen LogP contribution in [0.5, 0.6) is 11.5 Å². The summed E-state index contributed by atoms with van der Waals surface area (Å²) in [6.45, 7) is 0. The number of carbonyl (C=O) groups excluding carboxylic acids is 2. The topological polar surface area (TPSA) is 83.0 Å². The Kier molecular flexibility index (Phi) is 6.44. The second kappa shape index (κ2) is 10.1. The second-order valence-corrected chi connectivity index (χ2v) is 8.17. The van der Waals surface area contributed by atoms with Gasteiger partial charge in [-0.15, -0.1) is 0 Å². The third-order valence-corrected chi connectivity index (χ3v) is 5.76. The van der Waals surface area contributed by atoms with Crippen LogP contribution in [0.15, 0.2) is 114 Å². The molecule has 2 N–H and O–H groups in total. The number of benzodiazepines with no additional fused rings is 1. The Morgan fingerprint density at radius 2 is 1.47 bits per heavy atom. The van der Waals surface area contributed by atoms with Crippen LogP contribution < -0.4 is 20.3 Å². The molecule has 4 aromatic rings. The minimum atomic E-state index is -1.13. The molecule has 36 heavy (non-hydrogen) atoms. The molecule has 1 atom stereocenters. The van der Waals surface area contributed by atoms with E-state index in [1.54, 1.807) is 25.2 Å². The van der Waals surface area contributed by atoms with E-state index in [-0.39, 0.29) is 5.91 Å². The van der Waals surface area contributed by atoms with Crippen LogP contribution in [0, 0.1) is 0 Å². The zero-order valence-electron chi connectivity index (χ0n) is 19.6. The lowest BCUT2D eigenvalue weighted by Gasteiger charge is -2.21. The molecule has 1 aliphatic heterocycles. The first-order chi connectivity index (χ1) is 17.6. The van der Waals surface area contributed by atoms with Crippen LogP contribution in [0.3, 0.4) is 0 Å². The Hall–Kier alpha value is -4.91. The number of anilines is 2. The van der Waals surface area contributed by atoms with Gasteiger partial charge in [0.05, 0.1) is 17.1 Å².